The Balaban J connectivity index is 0.000000246. The summed E-state index contributed by atoms with van der Waals surface area (Å²) in [5.74, 6) is 5.80. The van der Waals surface area contributed by atoms with Crippen molar-refractivity contribution in [2.75, 3.05) is 33.6 Å². The van der Waals surface area contributed by atoms with Gasteiger partial charge in [-0.3, -0.25) is 28.8 Å². The molecule has 15 nitrogen and oxygen atoms in total. The normalized spacial score (nSPS) is 37.4. The number of carbonyl (C=O) groups is 6. The van der Waals surface area contributed by atoms with Gasteiger partial charge in [0.1, 0.15) is 18.3 Å². The summed E-state index contributed by atoms with van der Waals surface area (Å²) in [5, 5.41) is 0. The molecule has 0 aliphatic heterocycles. The molecule has 0 radical (unpaired) electrons. The first-order chi connectivity index (χ1) is 41.6. The fourth-order valence-corrected chi connectivity index (χ4v) is 20.8. The van der Waals surface area contributed by atoms with Crippen molar-refractivity contribution in [3.05, 3.63) is 0 Å². The van der Waals surface area contributed by atoms with Gasteiger partial charge in [-0.2, -0.15) is 0 Å². The molecule has 13 unspecified atom stereocenters. The lowest BCUT2D eigenvalue weighted by Crippen LogP contribution is -2.48. The Morgan fingerprint density at radius 2 is 0.731 bits per heavy atom. The molecular formula is C78H136O15. The Bertz CT molecular complexity index is 2340. The molecule has 0 N–H and O–H groups in total. The molecule has 0 aromatic heterocycles. The Morgan fingerprint density at radius 3 is 1.04 bits per heavy atom. The zero-order valence-electron chi connectivity index (χ0n) is 54.7. The summed E-state index contributed by atoms with van der Waals surface area (Å²) in [6.07, 6.45) is 32.6. The molecule has 15 aliphatic carbocycles. The highest BCUT2D eigenvalue weighted by Gasteiger charge is 2.56. The zero-order valence-corrected chi connectivity index (χ0v) is 54.7. The van der Waals surface area contributed by atoms with Crippen molar-refractivity contribution in [1.29, 1.82) is 0 Å². The lowest BCUT2D eigenvalue weighted by Gasteiger charge is -2.56. The van der Waals surface area contributed by atoms with Crippen LogP contribution < -0.4 is 0 Å². The van der Waals surface area contributed by atoms with Crippen LogP contribution in [0.15, 0.2) is 0 Å². The van der Waals surface area contributed by atoms with Crippen LogP contribution in [0.25, 0.3) is 0 Å². The smallest absolute Gasteiger partial charge is 0.311 e. The number of hydrogen-bond acceptors (Lipinski definition) is 15. The molecule has 13 atom stereocenters. The topological polar surface area (TPSA) is 185 Å². The molecule has 0 saturated heterocycles. The van der Waals surface area contributed by atoms with Gasteiger partial charge in [0.15, 0.2) is 20.4 Å². The van der Waals surface area contributed by atoms with Crippen LogP contribution in [0.3, 0.4) is 0 Å². The Kier molecular flexibility index (Phi) is 29.4. The van der Waals surface area contributed by atoms with Gasteiger partial charge in [0, 0.05) is 17.8 Å². The molecule has 15 aliphatic rings. The van der Waals surface area contributed by atoms with Crippen LogP contribution in [0.2, 0.25) is 0 Å². The molecule has 538 valence electrons. The quantitative estimate of drug-likeness (QED) is 0.0407. The summed E-state index contributed by atoms with van der Waals surface area (Å²) in [4.78, 5) is 75.2. The third-order valence-corrected chi connectivity index (χ3v) is 25.6. The van der Waals surface area contributed by atoms with E-state index in [0.29, 0.717) is 28.6 Å². The molecule has 14 bridgehead atoms. The van der Waals surface area contributed by atoms with Crippen LogP contribution in [0.5, 0.6) is 0 Å². The van der Waals surface area contributed by atoms with Crippen molar-refractivity contribution >= 4 is 35.8 Å². The van der Waals surface area contributed by atoms with E-state index in [1.54, 1.807) is 0 Å². The highest BCUT2D eigenvalue weighted by Crippen LogP contribution is 2.62. The number of carbonyl (C=O) groups excluding carboxylic acids is 6. The minimum atomic E-state index is -0.469. The molecule has 93 heavy (non-hydrogen) atoms. The first kappa shape index (κ1) is 80.4. The van der Waals surface area contributed by atoms with Crippen LogP contribution >= 0.6 is 0 Å². The van der Waals surface area contributed by atoms with Gasteiger partial charge in [0.05, 0.1) is 53.8 Å². The lowest BCUT2D eigenvalue weighted by molar-refractivity contribution is -0.177. The van der Waals surface area contributed by atoms with E-state index < -0.39 is 10.8 Å². The fraction of sp³-hybridized carbons (Fsp3) is 0.923. The third-order valence-electron chi connectivity index (χ3n) is 25.6. The van der Waals surface area contributed by atoms with Crippen LogP contribution in [0.4, 0.5) is 0 Å². The molecule has 15 heteroatoms. The van der Waals surface area contributed by atoms with E-state index in [4.69, 9.17) is 42.6 Å². The number of esters is 6. The standard InChI is InChI=1S/C26H40O5.C25H38O5.C21H34O5.6CH4/c1-4-25(2,3)24(28)31-22-10-16-8-20(22)21(9-16)23(27)30-15-29-14-26-11-17-5-18(12-26)7-19(6-17)13-26;1-3-15(2)23(26)30-22-9-16-7-20(22)21(8-16)24(27)29-14-28-13-25-10-17-4-18(11-25)6-19(5-17)12-25;1-4-21(2,3)20(23)26-18-12-14-10-16(18)17(11-14)19(22)25-13-24-15-8-6-5-7-9-15;;;;;;/h16-22H,4-15H2,1-3H3;15-22H,3-14H2,1-2H3;14-18H,4-13H2,1-3H3;6*1H4. The van der Waals surface area contributed by atoms with E-state index in [9.17, 15) is 28.8 Å². The molecule has 0 aromatic rings. The van der Waals surface area contributed by atoms with Gasteiger partial charge in [0.2, 0.25) is 0 Å². The summed E-state index contributed by atoms with van der Waals surface area (Å²) in [6, 6.07) is 0. The number of ether oxygens (including phenoxy) is 9. The maximum Gasteiger partial charge on any atom is 0.311 e. The predicted octanol–water partition coefficient (Wildman–Crippen LogP) is 17.9. The zero-order chi connectivity index (χ0) is 61.4. The van der Waals surface area contributed by atoms with Gasteiger partial charge in [-0.05, 0) is 259 Å². The first-order valence-corrected chi connectivity index (χ1v) is 35.5. The van der Waals surface area contributed by atoms with Crippen molar-refractivity contribution < 1.29 is 71.4 Å². The van der Waals surface area contributed by atoms with Crippen LogP contribution in [-0.2, 0) is 71.4 Å². The highest BCUT2D eigenvalue weighted by atomic mass is 16.7. The third kappa shape index (κ3) is 18.7. The van der Waals surface area contributed by atoms with Gasteiger partial charge < -0.3 is 42.6 Å². The second-order valence-electron chi connectivity index (χ2n) is 32.9. The number of rotatable bonds is 23. The Hall–Kier alpha value is -3.30. The van der Waals surface area contributed by atoms with Gasteiger partial charge in [-0.25, -0.2) is 0 Å². The summed E-state index contributed by atoms with van der Waals surface area (Å²) >= 11 is 0. The van der Waals surface area contributed by atoms with Gasteiger partial charge in [-0.15, -0.1) is 0 Å². The molecule has 0 heterocycles. The molecule has 15 saturated carbocycles. The summed E-state index contributed by atoms with van der Waals surface area (Å²) < 4.78 is 51.6. The maximum absolute atomic E-state index is 12.8. The Morgan fingerprint density at radius 1 is 0.409 bits per heavy atom. The summed E-state index contributed by atoms with van der Waals surface area (Å²) in [5.41, 5.74) is -0.240. The first-order valence-electron chi connectivity index (χ1n) is 35.5. The van der Waals surface area contributed by atoms with E-state index in [1.807, 2.05) is 55.4 Å². The summed E-state index contributed by atoms with van der Waals surface area (Å²) in [7, 11) is 0. The van der Waals surface area contributed by atoms with Gasteiger partial charge in [0.25, 0.3) is 0 Å². The van der Waals surface area contributed by atoms with Crippen LogP contribution in [-0.4, -0.2) is 93.8 Å². The molecular weight excluding hydrogens is 1180 g/mol. The largest absolute Gasteiger partial charge is 0.462 e. The highest BCUT2D eigenvalue weighted by molar-refractivity contribution is 5.78. The van der Waals surface area contributed by atoms with Crippen LogP contribution in [0, 0.1) is 116 Å². The number of fused-ring (bicyclic) bond motifs is 6. The molecule has 0 spiro atoms. The monoisotopic (exact) mass is 1310 g/mol. The number of hydrogen-bond donors (Lipinski definition) is 0. The SMILES string of the molecule is C.C.C.C.C.C.CCC(C)(C)C(=O)OC1CC2CC(C(=O)OCOC3CCCCC3)C1C2.CCC(C)(C)C(=O)OC1CC2CC(C(=O)OCOCC34CC5CC(CC(C5)C3)C4)C1C2.CCC(C)C(=O)OC1CC2CC(C(=O)OCOCC34CC5CC(CC(C5)C3)C4)C1C2. The fourth-order valence-electron chi connectivity index (χ4n) is 20.8. The maximum atomic E-state index is 12.8. The molecule has 15 fully saturated rings. The molecule has 0 aromatic carbocycles. The van der Waals surface area contributed by atoms with Crippen molar-refractivity contribution in [1.82, 2.24) is 0 Å². The predicted molar refractivity (Wildman–Crippen MR) is 365 cm³/mol. The minimum absolute atomic E-state index is 0. The summed E-state index contributed by atoms with van der Waals surface area (Å²) in [6.45, 7) is 17.3. The van der Waals surface area contributed by atoms with E-state index in [1.165, 1.54) is 96.3 Å². The average molecular weight is 1310 g/mol. The van der Waals surface area contributed by atoms with Crippen molar-refractivity contribution in [2.24, 2.45) is 116 Å². The van der Waals surface area contributed by atoms with E-state index in [2.05, 4.69) is 0 Å². The molecule has 0 amide bonds. The van der Waals surface area contributed by atoms with E-state index in [-0.39, 0.29) is 167 Å². The van der Waals surface area contributed by atoms with Crippen molar-refractivity contribution in [3.8, 4) is 0 Å². The minimum Gasteiger partial charge on any atom is -0.462 e. The lowest BCUT2D eigenvalue weighted by atomic mass is 9.50. The van der Waals surface area contributed by atoms with Crippen molar-refractivity contribution in [2.45, 2.75) is 311 Å². The van der Waals surface area contributed by atoms with Gasteiger partial charge >= 0.3 is 35.8 Å². The second kappa shape index (κ2) is 34.0. The van der Waals surface area contributed by atoms with Gasteiger partial charge in [-0.1, -0.05) is 91.5 Å². The Labute approximate surface area is 565 Å². The van der Waals surface area contributed by atoms with Crippen molar-refractivity contribution in [3.63, 3.8) is 0 Å². The molecule has 15 rings (SSSR count). The van der Waals surface area contributed by atoms with E-state index >= 15 is 0 Å². The van der Waals surface area contributed by atoms with Crippen LogP contribution in [0.1, 0.15) is 286 Å². The second-order valence-corrected chi connectivity index (χ2v) is 32.9. The van der Waals surface area contributed by atoms with E-state index in [0.717, 1.165) is 139 Å². The average Bonchev–Trinajstić information content (AvgIpc) is 1.75.